The smallest absolute Gasteiger partial charge is 0.152 e. The third-order valence-corrected chi connectivity index (χ3v) is 3.71. The molecule has 1 atom stereocenters. The largest absolute Gasteiger partial charge is 0.396 e. The van der Waals surface area contributed by atoms with Crippen LogP contribution in [0.3, 0.4) is 0 Å². The second-order valence-electron chi connectivity index (χ2n) is 4.94. The number of halogens is 1. The predicted molar refractivity (Wildman–Crippen MR) is 77.2 cm³/mol. The highest BCUT2D eigenvalue weighted by Gasteiger charge is 2.24. The summed E-state index contributed by atoms with van der Waals surface area (Å²) < 4.78 is 0. The lowest BCUT2D eigenvalue weighted by molar-refractivity contribution is 0.328. The van der Waals surface area contributed by atoms with Crippen molar-refractivity contribution in [1.29, 1.82) is 0 Å². The van der Waals surface area contributed by atoms with E-state index in [0.29, 0.717) is 16.8 Å². The van der Waals surface area contributed by atoms with Gasteiger partial charge in [-0.3, -0.25) is 0 Å². The van der Waals surface area contributed by atoms with E-state index >= 15 is 0 Å². The number of anilines is 2. The van der Waals surface area contributed by atoms with Crippen LogP contribution in [0.4, 0.5) is 11.5 Å². The first-order chi connectivity index (χ1) is 8.61. The molecule has 2 N–H and O–H groups in total. The van der Waals surface area contributed by atoms with E-state index in [1.807, 2.05) is 0 Å². The van der Waals surface area contributed by atoms with Crippen molar-refractivity contribution in [2.45, 2.75) is 25.8 Å². The molecule has 1 aromatic heterocycles. The Morgan fingerprint density at radius 1 is 1.50 bits per heavy atom. The fourth-order valence-electron chi connectivity index (χ4n) is 2.56. The molecular weight excluding hydrogens is 248 g/mol. The SMILES string of the molecule is CCC1CN(C)CCCN1c1ncc(Cl)cc1N. The lowest BCUT2D eigenvalue weighted by Gasteiger charge is -2.32. The third-order valence-electron chi connectivity index (χ3n) is 3.51. The highest BCUT2D eigenvalue weighted by molar-refractivity contribution is 6.30. The first-order valence-electron chi connectivity index (χ1n) is 6.48. The minimum atomic E-state index is 0.466. The van der Waals surface area contributed by atoms with Crippen LogP contribution in [0.25, 0.3) is 0 Å². The van der Waals surface area contributed by atoms with E-state index in [9.17, 15) is 0 Å². The summed E-state index contributed by atoms with van der Waals surface area (Å²) in [6, 6.07) is 2.25. The lowest BCUT2D eigenvalue weighted by atomic mass is 10.1. The standard InChI is InChI=1S/C13H21ClN4/c1-3-11-9-17(2)5-4-6-18(11)13-12(15)7-10(14)8-16-13/h7-8,11H,3-6,9,15H2,1-2H3. The number of aromatic nitrogens is 1. The summed E-state index contributed by atoms with van der Waals surface area (Å²) in [7, 11) is 2.17. The molecule has 5 heteroatoms. The van der Waals surface area contributed by atoms with Crippen molar-refractivity contribution in [3.05, 3.63) is 17.3 Å². The molecule has 18 heavy (non-hydrogen) atoms. The van der Waals surface area contributed by atoms with Crippen LogP contribution in [0.1, 0.15) is 19.8 Å². The molecule has 1 fully saturated rings. The van der Waals surface area contributed by atoms with Gasteiger partial charge in [-0.05, 0) is 32.5 Å². The first-order valence-corrected chi connectivity index (χ1v) is 6.85. The highest BCUT2D eigenvalue weighted by atomic mass is 35.5. The zero-order chi connectivity index (χ0) is 13.1. The molecule has 2 rings (SSSR count). The fourth-order valence-corrected chi connectivity index (χ4v) is 2.73. The summed E-state index contributed by atoms with van der Waals surface area (Å²) in [6.45, 7) is 5.39. The van der Waals surface area contributed by atoms with Crippen LogP contribution in [-0.2, 0) is 0 Å². The monoisotopic (exact) mass is 268 g/mol. The number of nitrogens with zero attached hydrogens (tertiary/aromatic N) is 3. The van der Waals surface area contributed by atoms with Crippen molar-refractivity contribution in [1.82, 2.24) is 9.88 Å². The Bertz CT molecular complexity index is 410. The fraction of sp³-hybridized carbons (Fsp3) is 0.615. The quantitative estimate of drug-likeness (QED) is 0.894. The molecule has 0 aromatic carbocycles. The maximum Gasteiger partial charge on any atom is 0.152 e. The molecule has 0 saturated carbocycles. The Morgan fingerprint density at radius 2 is 2.28 bits per heavy atom. The van der Waals surface area contributed by atoms with Gasteiger partial charge in [0.05, 0.1) is 10.7 Å². The number of nitrogen functional groups attached to an aromatic ring is 1. The molecular formula is C13H21ClN4. The molecule has 4 nitrogen and oxygen atoms in total. The van der Waals surface area contributed by atoms with Gasteiger partial charge >= 0.3 is 0 Å². The summed E-state index contributed by atoms with van der Waals surface area (Å²) in [5.41, 5.74) is 6.72. The molecule has 100 valence electrons. The van der Waals surface area contributed by atoms with Crippen LogP contribution < -0.4 is 10.6 Å². The van der Waals surface area contributed by atoms with E-state index < -0.39 is 0 Å². The van der Waals surface area contributed by atoms with Crippen LogP contribution in [-0.4, -0.2) is 42.6 Å². The number of nitrogens with two attached hydrogens (primary N) is 1. The molecule has 0 aliphatic carbocycles. The van der Waals surface area contributed by atoms with E-state index in [-0.39, 0.29) is 0 Å². The molecule has 0 amide bonds. The van der Waals surface area contributed by atoms with Gasteiger partial charge in [0.2, 0.25) is 0 Å². The predicted octanol–water partition coefficient (Wildman–Crippen LogP) is 2.24. The Hall–Kier alpha value is -1.00. The van der Waals surface area contributed by atoms with Crippen LogP contribution in [0.15, 0.2) is 12.3 Å². The summed E-state index contributed by atoms with van der Waals surface area (Å²) in [6.07, 6.45) is 3.90. The summed E-state index contributed by atoms with van der Waals surface area (Å²) >= 11 is 5.91. The molecule has 1 aromatic rings. The van der Waals surface area contributed by atoms with Crippen LogP contribution >= 0.6 is 11.6 Å². The van der Waals surface area contributed by atoms with E-state index in [1.165, 1.54) is 0 Å². The van der Waals surface area contributed by atoms with Gasteiger partial charge in [-0.25, -0.2) is 4.98 Å². The van der Waals surface area contributed by atoms with Gasteiger partial charge in [0.1, 0.15) is 0 Å². The Balaban J connectivity index is 2.28. The average molecular weight is 269 g/mol. The topological polar surface area (TPSA) is 45.4 Å². The van der Waals surface area contributed by atoms with Gasteiger partial charge in [-0.1, -0.05) is 18.5 Å². The zero-order valence-corrected chi connectivity index (χ0v) is 11.8. The van der Waals surface area contributed by atoms with Crippen molar-refractivity contribution < 1.29 is 0 Å². The van der Waals surface area contributed by atoms with E-state index in [1.54, 1.807) is 12.3 Å². The third kappa shape index (κ3) is 2.87. The van der Waals surface area contributed by atoms with Crippen molar-refractivity contribution in [2.24, 2.45) is 0 Å². The summed E-state index contributed by atoms with van der Waals surface area (Å²) in [5, 5.41) is 0.594. The molecule has 2 heterocycles. The molecule has 0 spiro atoms. The number of pyridine rings is 1. The maximum absolute atomic E-state index is 6.05. The molecule has 1 aliphatic heterocycles. The Labute approximate surface area is 114 Å². The van der Waals surface area contributed by atoms with E-state index in [4.69, 9.17) is 17.3 Å². The second kappa shape index (κ2) is 5.76. The zero-order valence-electron chi connectivity index (χ0n) is 11.1. The summed E-state index contributed by atoms with van der Waals surface area (Å²) in [4.78, 5) is 9.12. The minimum absolute atomic E-state index is 0.466. The van der Waals surface area contributed by atoms with E-state index in [0.717, 1.165) is 38.3 Å². The number of likely N-dealkylation sites (N-methyl/N-ethyl adjacent to an activating group) is 1. The number of hydrogen-bond donors (Lipinski definition) is 1. The highest BCUT2D eigenvalue weighted by Crippen LogP contribution is 2.27. The lowest BCUT2D eigenvalue weighted by Crippen LogP contribution is -2.40. The van der Waals surface area contributed by atoms with Gasteiger partial charge in [0, 0.05) is 25.3 Å². The molecule has 0 radical (unpaired) electrons. The van der Waals surface area contributed by atoms with Crippen LogP contribution in [0, 0.1) is 0 Å². The van der Waals surface area contributed by atoms with Crippen molar-refractivity contribution >= 4 is 23.1 Å². The Morgan fingerprint density at radius 3 is 2.94 bits per heavy atom. The Kier molecular flexibility index (Phi) is 4.30. The number of rotatable bonds is 2. The normalized spacial score (nSPS) is 21.9. The van der Waals surface area contributed by atoms with Gasteiger partial charge in [-0.2, -0.15) is 0 Å². The molecule has 1 unspecified atom stereocenters. The van der Waals surface area contributed by atoms with E-state index in [2.05, 4.69) is 28.8 Å². The maximum atomic E-state index is 6.05. The van der Waals surface area contributed by atoms with Gasteiger partial charge in [0.25, 0.3) is 0 Å². The second-order valence-corrected chi connectivity index (χ2v) is 5.37. The molecule has 1 aliphatic rings. The van der Waals surface area contributed by atoms with Gasteiger partial charge in [0.15, 0.2) is 5.82 Å². The molecule has 0 bridgehead atoms. The average Bonchev–Trinajstić information content (AvgIpc) is 2.51. The first kappa shape index (κ1) is 13.4. The van der Waals surface area contributed by atoms with Crippen LogP contribution in [0.5, 0.6) is 0 Å². The number of hydrogen-bond acceptors (Lipinski definition) is 4. The van der Waals surface area contributed by atoms with Crippen molar-refractivity contribution in [2.75, 3.05) is 37.3 Å². The summed E-state index contributed by atoms with van der Waals surface area (Å²) in [5.74, 6) is 0.876. The minimum Gasteiger partial charge on any atom is -0.396 e. The van der Waals surface area contributed by atoms with Crippen molar-refractivity contribution in [3.8, 4) is 0 Å². The van der Waals surface area contributed by atoms with Gasteiger partial charge < -0.3 is 15.5 Å². The van der Waals surface area contributed by atoms with Crippen molar-refractivity contribution in [3.63, 3.8) is 0 Å². The van der Waals surface area contributed by atoms with Crippen LogP contribution in [0.2, 0.25) is 5.02 Å². The molecule has 1 saturated heterocycles. The van der Waals surface area contributed by atoms with Gasteiger partial charge in [-0.15, -0.1) is 0 Å².